The highest BCUT2D eigenvalue weighted by atomic mass is 16.5. The molecular formula is C38H55N2O2+. The molecule has 0 saturated heterocycles. The second kappa shape index (κ2) is 18.4. The number of benzene rings is 2. The maximum Gasteiger partial charge on any atom is 0.228 e. The summed E-state index contributed by atoms with van der Waals surface area (Å²) in [4.78, 5) is 13.1. The van der Waals surface area contributed by atoms with Crippen molar-refractivity contribution in [2.24, 2.45) is 0 Å². The molecule has 0 atom stereocenters. The molecule has 42 heavy (non-hydrogen) atoms. The lowest BCUT2D eigenvalue weighted by atomic mass is 9.85. The van der Waals surface area contributed by atoms with Crippen LogP contribution in [0.15, 0.2) is 73.1 Å². The summed E-state index contributed by atoms with van der Waals surface area (Å²) in [5, 5.41) is 3.15. The normalized spacial score (nSPS) is 11.4. The third-order valence-electron chi connectivity index (χ3n) is 7.89. The largest absolute Gasteiger partial charge is 0.493 e. The number of para-hydroxylation sites is 1. The van der Waals surface area contributed by atoms with Crippen LogP contribution < -0.4 is 14.6 Å². The number of ether oxygens (including phenoxy) is 1. The smallest absolute Gasteiger partial charge is 0.228 e. The minimum atomic E-state index is -0.0716. The number of pyridine rings is 1. The summed E-state index contributed by atoms with van der Waals surface area (Å²) in [5.41, 5.74) is 4.03. The van der Waals surface area contributed by atoms with Crippen LogP contribution in [0.3, 0.4) is 0 Å². The number of hydrogen-bond acceptors (Lipinski definition) is 2. The lowest BCUT2D eigenvalue weighted by Gasteiger charge is -2.24. The molecule has 1 heterocycles. The van der Waals surface area contributed by atoms with E-state index in [1.807, 2.05) is 54.9 Å². The first-order valence-electron chi connectivity index (χ1n) is 16.4. The predicted octanol–water partition coefficient (Wildman–Crippen LogP) is 9.58. The van der Waals surface area contributed by atoms with Gasteiger partial charge in [0.25, 0.3) is 0 Å². The van der Waals surface area contributed by atoms with Crippen molar-refractivity contribution in [3.05, 3.63) is 89.7 Å². The van der Waals surface area contributed by atoms with E-state index >= 15 is 0 Å². The first-order valence-corrected chi connectivity index (χ1v) is 16.4. The SMILES string of the molecule is CCCCCCCCCCCCCCOc1ccc(CC(=O)Nc2ccccc2C[n+]2ccccc2)cc1C(C)(C)C. The molecule has 0 spiro atoms. The number of aromatic nitrogens is 1. The predicted molar refractivity (Wildman–Crippen MR) is 176 cm³/mol. The molecule has 1 N–H and O–H groups in total. The van der Waals surface area contributed by atoms with Crippen LogP contribution in [0.2, 0.25) is 0 Å². The Kier molecular flexibility index (Phi) is 14.6. The summed E-state index contributed by atoms with van der Waals surface area (Å²) in [6.07, 6.45) is 20.5. The summed E-state index contributed by atoms with van der Waals surface area (Å²) in [6, 6.07) is 20.3. The van der Waals surface area contributed by atoms with Gasteiger partial charge in [-0.25, -0.2) is 4.57 Å². The molecule has 228 valence electrons. The van der Waals surface area contributed by atoms with Gasteiger partial charge < -0.3 is 10.1 Å². The zero-order valence-electron chi connectivity index (χ0n) is 26.8. The summed E-state index contributed by atoms with van der Waals surface area (Å²) in [6.45, 7) is 10.4. The highest BCUT2D eigenvalue weighted by molar-refractivity contribution is 5.93. The van der Waals surface area contributed by atoms with Gasteiger partial charge in [-0.05, 0) is 35.1 Å². The van der Waals surface area contributed by atoms with Crippen LogP contribution in [-0.4, -0.2) is 12.5 Å². The van der Waals surface area contributed by atoms with Crippen LogP contribution in [0, 0.1) is 0 Å². The van der Waals surface area contributed by atoms with Crippen molar-refractivity contribution in [1.82, 2.24) is 0 Å². The van der Waals surface area contributed by atoms with E-state index in [0.29, 0.717) is 13.0 Å². The molecule has 4 nitrogen and oxygen atoms in total. The molecule has 3 aromatic rings. The molecule has 0 saturated carbocycles. The topological polar surface area (TPSA) is 42.2 Å². The maximum absolute atomic E-state index is 13.1. The summed E-state index contributed by atoms with van der Waals surface area (Å²) >= 11 is 0. The Morgan fingerprint density at radius 1 is 0.762 bits per heavy atom. The van der Waals surface area contributed by atoms with Gasteiger partial charge in [-0.15, -0.1) is 0 Å². The summed E-state index contributed by atoms with van der Waals surface area (Å²) in [5.74, 6) is 0.936. The van der Waals surface area contributed by atoms with Crippen molar-refractivity contribution in [3.8, 4) is 5.75 Å². The number of amides is 1. The van der Waals surface area contributed by atoms with Crippen LogP contribution in [0.4, 0.5) is 5.69 Å². The fraction of sp³-hybridized carbons (Fsp3) is 0.526. The standard InChI is InChI=1S/C38H54N2O2/c1-5-6-7-8-9-10-11-12-13-14-15-21-28-42-36-25-24-32(29-34(36)38(2,3)4)30-37(41)39-35-23-18-17-22-33(35)31-40-26-19-16-20-27-40/h16-20,22-27,29H,5-15,21,28,30-31H2,1-4H3/p+1. The molecule has 0 aliphatic rings. The Morgan fingerprint density at radius 2 is 1.38 bits per heavy atom. The van der Waals surface area contributed by atoms with E-state index in [2.05, 4.69) is 55.8 Å². The summed E-state index contributed by atoms with van der Waals surface area (Å²) < 4.78 is 8.39. The minimum Gasteiger partial charge on any atom is -0.493 e. The molecule has 0 fully saturated rings. The Labute approximate surface area is 255 Å². The fourth-order valence-corrected chi connectivity index (χ4v) is 5.42. The van der Waals surface area contributed by atoms with Crippen LogP contribution in [-0.2, 0) is 23.2 Å². The fourth-order valence-electron chi connectivity index (χ4n) is 5.42. The van der Waals surface area contributed by atoms with Gasteiger partial charge in [0, 0.05) is 17.7 Å². The van der Waals surface area contributed by atoms with E-state index in [9.17, 15) is 4.79 Å². The highest BCUT2D eigenvalue weighted by Crippen LogP contribution is 2.33. The molecule has 3 rings (SSSR count). The lowest BCUT2D eigenvalue weighted by molar-refractivity contribution is -0.688. The van der Waals surface area contributed by atoms with Gasteiger partial charge in [0.2, 0.25) is 5.91 Å². The Hall–Kier alpha value is -3.14. The summed E-state index contributed by atoms with van der Waals surface area (Å²) in [7, 11) is 0. The third-order valence-corrected chi connectivity index (χ3v) is 7.89. The number of hydrogen-bond donors (Lipinski definition) is 1. The molecule has 0 bridgehead atoms. The van der Waals surface area contributed by atoms with Crippen molar-refractivity contribution in [1.29, 1.82) is 0 Å². The second-order valence-electron chi connectivity index (χ2n) is 12.7. The third kappa shape index (κ3) is 12.4. The van der Waals surface area contributed by atoms with E-state index in [4.69, 9.17) is 4.74 Å². The van der Waals surface area contributed by atoms with Crippen molar-refractivity contribution in [2.45, 2.75) is 123 Å². The number of nitrogens with zero attached hydrogens (tertiary/aromatic N) is 1. The Balaban J connectivity index is 1.44. The van der Waals surface area contributed by atoms with Gasteiger partial charge >= 0.3 is 0 Å². The molecule has 0 aliphatic heterocycles. The quantitative estimate of drug-likeness (QED) is 0.115. The van der Waals surface area contributed by atoms with Gasteiger partial charge in [-0.2, -0.15) is 0 Å². The average Bonchev–Trinajstić information content (AvgIpc) is 2.97. The van der Waals surface area contributed by atoms with Gasteiger partial charge in [0.05, 0.1) is 18.7 Å². The molecule has 2 aromatic carbocycles. The van der Waals surface area contributed by atoms with Gasteiger partial charge in [0.15, 0.2) is 18.9 Å². The van der Waals surface area contributed by atoms with Crippen molar-refractivity contribution in [2.75, 3.05) is 11.9 Å². The van der Waals surface area contributed by atoms with Crippen LogP contribution in [0.1, 0.15) is 121 Å². The molecule has 0 radical (unpaired) electrons. The zero-order valence-corrected chi connectivity index (χ0v) is 26.8. The van der Waals surface area contributed by atoms with E-state index in [-0.39, 0.29) is 11.3 Å². The molecule has 4 heteroatoms. The average molecular weight is 572 g/mol. The highest BCUT2D eigenvalue weighted by Gasteiger charge is 2.20. The van der Waals surface area contributed by atoms with Crippen molar-refractivity contribution < 1.29 is 14.1 Å². The number of carbonyl (C=O) groups excluding carboxylic acids is 1. The molecule has 1 amide bonds. The van der Waals surface area contributed by atoms with E-state index in [1.165, 1.54) is 70.6 Å². The van der Waals surface area contributed by atoms with Gasteiger partial charge in [-0.3, -0.25) is 4.79 Å². The van der Waals surface area contributed by atoms with Gasteiger partial charge in [0.1, 0.15) is 5.75 Å². The lowest BCUT2D eigenvalue weighted by Crippen LogP contribution is -2.33. The van der Waals surface area contributed by atoms with E-state index in [1.54, 1.807) is 0 Å². The number of carbonyl (C=O) groups is 1. The Morgan fingerprint density at radius 3 is 2.02 bits per heavy atom. The molecule has 0 aliphatic carbocycles. The van der Waals surface area contributed by atoms with Crippen LogP contribution in [0.25, 0.3) is 0 Å². The van der Waals surface area contributed by atoms with Crippen LogP contribution >= 0.6 is 0 Å². The zero-order chi connectivity index (χ0) is 30.0. The number of unbranched alkanes of at least 4 members (excludes halogenated alkanes) is 11. The second-order valence-corrected chi connectivity index (χ2v) is 12.7. The Bertz CT molecular complexity index is 1180. The number of anilines is 1. The minimum absolute atomic E-state index is 0.00877. The maximum atomic E-state index is 13.1. The van der Waals surface area contributed by atoms with Crippen molar-refractivity contribution in [3.63, 3.8) is 0 Å². The molecule has 1 aromatic heterocycles. The van der Waals surface area contributed by atoms with E-state index < -0.39 is 0 Å². The van der Waals surface area contributed by atoms with E-state index in [0.717, 1.165) is 41.2 Å². The number of rotatable bonds is 19. The molecule has 0 unspecified atom stereocenters. The van der Waals surface area contributed by atoms with Gasteiger partial charge in [-0.1, -0.05) is 135 Å². The molecular weight excluding hydrogens is 516 g/mol. The number of nitrogens with one attached hydrogen (secondary N) is 1. The van der Waals surface area contributed by atoms with Crippen molar-refractivity contribution >= 4 is 11.6 Å². The monoisotopic (exact) mass is 571 g/mol. The first-order chi connectivity index (χ1) is 20.4. The first kappa shape index (κ1) is 33.4. The van der Waals surface area contributed by atoms with Crippen LogP contribution in [0.5, 0.6) is 5.75 Å².